The monoisotopic (exact) mass is 564 g/mol. The molecule has 9 nitrogen and oxygen atoms in total. The quantitative estimate of drug-likeness (QED) is 0.335. The molecule has 1 aliphatic rings. The number of nitrogens with zero attached hydrogens (tertiary/aromatic N) is 7. The molecule has 0 radical (unpaired) electrons. The van der Waals surface area contributed by atoms with E-state index in [4.69, 9.17) is 4.74 Å². The predicted molar refractivity (Wildman–Crippen MR) is 124 cm³/mol. The lowest BCUT2D eigenvalue weighted by molar-refractivity contribution is 0.366. The minimum absolute atomic E-state index is 0. The van der Waals surface area contributed by atoms with Gasteiger partial charge in [-0.15, -0.1) is 24.0 Å². The topological polar surface area (TPSA) is 83.7 Å². The summed E-state index contributed by atoms with van der Waals surface area (Å²) in [7, 11) is 5.36. The summed E-state index contributed by atoms with van der Waals surface area (Å²) in [5, 5.41) is 7.64. The molecule has 11 heteroatoms. The van der Waals surface area contributed by atoms with Crippen molar-refractivity contribution >= 4 is 51.8 Å². The number of nitrogens with one attached hydrogen (secondary N) is 1. The molecule has 1 N–H and O–H groups in total. The Morgan fingerprint density at radius 2 is 2.04 bits per heavy atom. The van der Waals surface area contributed by atoms with Crippen LogP contribution < -0.4 is 15.0 Å². The molecule has 3 heterocycles. The standard InChI is InChI=1S/C17H25BrN8O.HI/c1-19-16(20-5-4-13-10-22-24(2)12-13)25-6-8-26(9-7-25)17-21-11-14(18)15(23-17)27-3;/h10-12H,4-9H2,1-3H3,(H,19,20);1H. The van der Waals surface area contributed by atoms with Crippen molar-refractivity contribution in [3.8, 4) is 5.88 Å². The second kappa shape index (κ2) is 10.8. The van der Waals surface area contributed by atoms with Gasteiger partial charge < -0.3 is 19.9 Å². The van der Waals surface area contributed by atoms with Gasteiger partial charge in [0, 0.05) is 53.0 Å². The van der Waals surface area contributed by atoms with Gasteiger partial charge in [0.15, 0.2) is 5.96 Å². The number of ether oxygens (including phenoxy) is 1. The number of piperazine rings is 1. The first-order valence-corrected chi connectivity index (χ1v) is 9.64. The molecule has 1 fully saturated rings. The molecular formula is C17H26BrIN8O. The minimum Gasteiger partial charge on any atom is -0.480 e. The van der Waals surface area contributed by atoms with Gasteiger partial charge in [-0.05, 0) is 27.9 Å². The fraction of sp³-hybridized carbons (Fsp3) is 0.529. The predicted octanol–water partition coefficient (Wildman–Crippen LogP) is 1.54. The Hall–Kier alpha value is -1.63. The van der Waals surface area contributed by atoms with E-state index in [2.05, 4.69) is 51.1 Å². The smallest absolute Gasteiger partial charge is 0.232 e. The maximum absolute atomic E-state index is 5.27. The Labute approximate surface area is 190 Å². The molecule has 0 unspecified atom stereocenters. The van der Waals surface area contributed by atoms with E-state index in [1.807, 2.05) is 31.2 Å². The van der Waals surface area contributed by atoms with Crippen LogP contribution in [0, 0.1) is 0 Å². The van der Waals surface area contributed by atoms with E-state index in [1.165, 1.54) is 5.56 Å². The summed E-state index contributed by atoms with van der Waals surface area (Å²) in [6.07, 6.45) is 6.58. The van der Waals surface area contributed by atoms with Crippen LogP contribution in [0.1, 0.15) is 5.56 Å². The summed E-state index contributed by atoms with van der Waals surface area (Å²) in [6.45, 7) is 4.19. The molecule has 28 heavy (non-hydrogen) atoms. The molecule has 3 rings (SSSR count). The van der Waals surface area contributed by atoms with E-state index in [1.54, 1.807) is 13.3 Å². The third-order valence-corrected chi connectivity index (χ3v) is 4.97. The van der Waals surface area contributed by atoms with Crippen LogP contribution in [0.25, 0.3) is 0 Å². The number of aliphatic imine (C=N–C) groups is 1. The van der Waals surface area contributed by atoms with Gasteiger partial charge in [0.05, 0.1) is 24.0 Å². The molecule has 0 aliphatic carbocycles. The fourth-order valence-corrected chi connectivity index (χ4v) is 3.36. The van der Waals surface area contributed by atoms with Crippen molar-refractivity contribution in [3.05, 3.63) is 28.6 Å². The summed E-state index contributed by atoms with van der Waals surface area (Å²) in [4.78, 5) is 17.7. The van der Waals surface area contributed by atoms with Crippen LogP contribution in [-0.4, -0.2) is 77.5 Å². The number of rotatable bonds is 5. The van der Waals surface area contributed by atoms with Gasteiger partial charge in [-0.25, -0.2) is 4.98 Å². The van der Waals surface area contributed by atoms with Crippen LogP contribution >= 0.6 is 39.9 Å². The Morgan fingerprint density at radius 3 is 2.64 bits per heavy atom. The maximum atomic E-state index is 5.27. The average Bonchev–Trinajstić information content (AvgIpc) is 3.11. The maximum Gasteiger partial charge on any atom is 0.232 e. The molecule has 0 atom stereocenters. The van der Waals surface area contributed by atoms with E-state index < -0.39 is 0 Å². The van der Waals surface area contributed by atoms with Gasteiger partial charge in [-0.3, -0.25) is 9.67 Å². The minimum atomic E-state index is 0. The van der Waals surface area contributed by atoms with Crippen molar-refractivity contribution in [1.82, 2.24) is 30.0 Å². The summed E-state index contributed by atoms with van der Waals surface area (Å²) in [6, 6.07) is 0. The molecule has 0 bridgehead atoms. The first-order valence-electron chi connectivity index (χ1n) is 8.85. The highest BCUT2D eigenvalue weighted by atomic mass is 127. The van der Waals surface area contributed by atoms with E-state index in [0.29, 0.717) is 11.8 Å². The van der Waals surface area contributed by atoms with Gasteiger partial charge in [-0.2, -0.15) is 10.1 Å². The van der Waals surface area contributed by atoms with Gasteiger partial charge in [0.1, 0.15) is 0 Å². The lowest BCUT2D eigenvalue weighted by Crippen LogP contribution is -2.53. The van der Waals surface area contributed by atoms with Crippen LogP contribution in [0.3, 0.4) is 0 Å². The second-order valence-corrected chi connectivity index (χ2v) is 7.10. The number of hydrogen-bond acceptors (Lipinski definition) is 6. The van der Waals surface area contributed by atoms with Crippen molar-refractivity contribution in [2.24, 2.45) is 12.0 Å². The molecule has 1 aliphatic heterocycles. The molecule has 0 amide bonds. The average molecular weight is 565 g/mol. The number of hydrogen-bond donors (Lipinski definition) is 1. The van der Waals surface area contributed by atoms with Crippen molar-refractivity contribution in [1.29, 1.82) is 0 Å². The van der Waals surface area contributed by atoms with E-state index in [0.717, 1.165) is 49.6 Å². The fourth-order valence-electron chi connectivity index (χ4n) is 3.01. The van der Waals surface area contributed by atoms with Crippen LogP contribution in [0.4, 0.5) is 5.95 Å². The SMILES string of the molecule is CN=C(NCCc1cnn(C)c1)N1CCN(c2ncc(Br)c(OC)n2)CC1.I. The first kappa shape index (κ1) is 22.7. The highest BCUT2D eigenvalue weighted by Gasteiger charge is 2.22. The summed E-state index contributed by atoms with van der Waals surface area (Å²) in [5.41, 5.74) is 1.21. The molecule has 2 aromatic rings. The molecule has 0 saturated carbocycles. The van der Waals surface area contributed by atoms with Crippen molar-refractivity contribution < 1.29 is 4.74 Å². The lowest BCUT2D eigenvalue weighted by Gasteiger charge is -2.36. The van der Waals surface area contributed by atoms with Crippen LogP contribution in [-0.2, 0) is 13.5 Å². The lowest BCUT2D eigenvalue weighted by atomic mass is 10.2. The van der Waals surface area contributed by atoms with Crippen LogP contribution in [0.15, 0.2) is 28.1 Å². The van der Waals surface area contributed by atoms with E-state index >= 15 is 0 Å². The van der Waals surface area contributed by atoms with E-state index in [9.17, 15) is 0 Å². The Bertz CT molecular complexity index is 791. The molecule has 2 aromatic heterocycles. The first-order chi connectivity index (χ1) is 13.1. The van der Waals surface area contributed by atoms with Crippen LogP contribution in [0.5, 0.6) is 5.88 Å². The molecule has 154 valence electrons. The number of anilines is 1. The van der Waals surface area contributed by atoms with Crippen molar-refractivity contribution in [2.75, 3.05) is 51.8 Å². The van der Waals surface area contributed by atoms with Gasteiger partial charge in [-0.1, -0.05) is 0 Å². The Balaban J connectivity index is 0.00000280. The third kappa shape index (κ3) is 5.69. The highest BCUT2D eigenvalue weighted by Crippen LogP contribution is 2.23. The van der Waals surface area contributed by atoms with Crippen LogP contribution in [0.2, 0.25) is 0 Å². The molecule has 0 aromatic carbocycles. The molecule has 0 spiro atoms. The summed E-state index contributed by atoms with van der Waals surface area (Å²) < 4.78 is 7.84. The summed E-state index contributed by atoms with van der Waals surface area (Å²) in [5.74, 6) is 2.16. The van der Waals surface area contributed by atoms with Crippen molar-refractivity contribution in [2.45, 2.75) is 6.42 Å². The number of halogens is 2. The number of methoxy groups -OCH3 is 1. The number of guanidine groups is 1. The van der Waals surface area contributed by atoms with E-state index in [-0.39, 0.29) is 24.0 Å². The van der Waals surface area contributed by atoms with Gasteiger partial charge in [0.25, 0.3) is 0 Å². The zero-order valence-corrected chi connectivity index (χ0v) is 20.2. The van der Waals surface area contributed by atoms with Gasteiger partial charge in [0.2, 0.25) is 11.8 Å². The zero-order valence-electron chi connectivity index (χ0n) is 16.3. The second-order valence-electron chi connectivity index (χ2n) is 6.25. The summed E-state index contributed by atoms with van der Waals surface area (Å²) >= 11 is 3.39. The zero-order chi connectivity index (χ0) is 19.2. The Morgan fingerprint density at radius 1 is 1.29 bits per heavy atom. The number of aryl methyl sites for hydroxylation is 1. The number of aromatic nitrogens is 4. The molecular weight excluding hydrogens is 539 g/mol. The Kier molecular flexibility index (Phi) is 8.73. The molecule has 1 saturated heterocycles. The largest absolute Gasteiger partial charge is 0.480 e. The highest BCUT2D eigenvalue weighted by molar-refractivity contribution is 14.0. The van der Waals surface area contributed by atoms with Crippen molar-refractivity contribution in [3.63, 3.8) is 0 Å². The van der Waals surface area contributed by atoms with Gasteiger partial charge >= 0.3 is 0 Å². The third-order valence-electron chi connectivity index (χ3n) is 4.42. The normalized spacial score (nSPS) is 14.6.